The molecule has 2 aliphatic rings. The molecule has 0 saturated carbocycles. The summed E-state index contributed by atoms with van der Waals surface area (Å²) in [5, 5.41) is 18.0. The quantitative estimate of drug-likeness (QED) is 0.713. The van der Waals surface area contributed by atoms with E-state index in [-0.39, 0.29) is 36.4 Å². The molecule has 0 aromatic rings. The van der Waals surface area contributed by atoms with Gasteiger partial charge in [-0.3, -0.25) is 14.5 Å². The van der Waals surface area contributed by atoms with E-state index in [1.165, 1.54) is 0 Å². The van der Waals surface area contributed by atoms with Crippen LogP contribution in [0.3, 0.4) is 0 Å². The molecule has 0 radical (unpaired) electrons. The van der Waals surface area contributed by atoms with Crippen molar-refractivity contribution in [2.24, 2.45) is 0 Å². The number of thioether (sulfide) groups is 1. The van der Waals surface area contributed by atoms with E-state index in [2.05, 4.69) is 0 Å². The van der Waals surface area contributed by atoms with E-state index in [0.717, 1.165) is 21.6 Å². The Balaban J connectivity index is 2.04. The zero-order valence-electron chi connectivity index (χ0n) is 8.90. The first-order valence-electron chi connectivity index (χ1n) is 5.13. The minimum absolute atomic E-state index is 0.0311. The van der Waals surface area contributed by atoms with Crippen LogP contribution in [0.1, 0.15) is 6.42 Å². The summed E-state index contributed by atoms with van der Waals surface area (Å²) in [6.07, 6.45) is -1.61. The lowest BCUT2D eigenvalue weighted by atomic mass is 10.2. The average molecular weight is 260 g/mol. The van der Waals surface area contributed by atoms with Gasteiger partial charge >= 0.3 is 6.09 Å². The van der Waals surface area contributed by atoms with Crippen LogP contribution >= 0.6 is 11.8 Å². The lowest BCUT2D eigenvalue weighted by Gasteiger charge is -2.24. The first-order valence-corrected chi connectivity index (χ1v) is 6.12. The van der Waals surface area contributed by atoms with E-state index in [1.807, 2.05) is 0 Å². The smallest absolute Gasteiger partial charge is 0.407 e. The van der Waals surface area contributed by atoms with E-state index >= 15 is 0 Å². The molecule has 94 valence electrons. The van der Waals surface area contributed by atoms with E-state index in [0.29, 0.717) is 0 Å². The largest absolute Gasteiger partial charge is 0.465 e. The number of carbonyl (C=O) groups is 3. The molecule has 0 aliphatic carbocycles. The minimum Gasteiger partial charge on any atom is -0.465 e. The third-order valence-corrected chi connectivity index (χ3v) is 3.73. The number of aliphatic hydroxyl groups is 1. The van der Waals surface area contributed by atoms with Gasteiger partial charge in [0.05, 0.1) is 31.0 Å². The molecule has 3 amide bonds. The molecule has 8 heteroatoms. The van der Waals surface area contributed by atoms with Gasteiger partial charge in [0, 0.05) is 0 Å². The molecule has 0 bridgehead atoms. The SMILES string of the molecule is O=C1CSC(=O)N1C[C@@H]1C[C@@H](O)CN1C(=O)O. The van der Waals surface area contributed by atoms with Crippen molar-refractivity contribution in [1.82, 2.24) is 9.80 Å². The standard InChI is InChI=1S/C9H12N2O5S/c12-6-1-5(10(3-6)8(14)15)2-11-7(13)4-17-9(11)16/h5-6,12H,1-4H2,(H,14,15)/t5-,6+/m0/s1. The highest BCUT2D eigenvalue weighted by molar-refractivity contribution is 8.14. The summed E-state index contributed by atoms with van der Waals surface area (Å²) in [4.78, 5) is 35.8. The van der Waals surface area contributed by atoms with E-state index < -0.39 is 18.2 Å². The molecule has 2 saturated heterocycles. The fourth-order valence-corrected chi connectivity index (χ4v) is 2.80. The molecule has 0 aromatic heterocycles. The molecule has 0 spiro atoms. The number of nitrogens with zero attached hydrogens (tertiary/aromatic N) is 2. The molecule has 2 fully saturated rings. The number of likely N-dealkylation sites (tertiary alicyclic amines) is 1. The van der Waals surface area contributed by atoms with Crippen molar-refractivity contribution in [2.75, 3.05) is 18.8 Å². The number of β-amino-alcohol motifs (C(OH)–C–C–N with tert-alkyl or cyclic N) is 1. The Morgan fingerprint density at radius 3 is 2.71 bits per heavy atom. The Hall–Kier alpha value is -1.28. The maximum absolute atomic E-state index is 11.4. The minimum atomic E-state index is -1.14. The zero-order chi connectivity index (χ0) is 12.6. The van der Waals surface area contributed by atoms with Crippen LogP contribution in [0.15, 0.2) is 0 Å². The van der Waals surface area contributed by atoms with Crippen molar-refractivity contribution in [1.29, 1.82) is 0 Å². The van der Waals surface area contributed by atoms with Gasteiger partial charge in [-0.15, -0.1) is 0 Å². The van der Waals surface area contributed by atoms with Crippen LogP contribution in [-0.2, 0) is 4.79 Å². The molecular weight excluding hydrogens is 248 g/mol. The summed E-state index contributed by atoms with van der Waals surface area (Å²) in [6, 6.07) is -0.505. The molecule has 2 aliphatic heterocycles. The van der Waals surface area contributed by atoms with Crippen molar-refractivity contribution in [3.63, 3.8) is 0 Å². The van der Waals surface area contributed by atoms with Crippen molar-refractivity contribution in [3.8, 4) is 0 Å². The highest BCUT2D eigenvalue weighted by Gasteiger charge is 2.39. The second-order valence-corrected chi connectivity index (χ2v) is 4.96. The maximum atomic E-state index is 11.4. The fraction of sp³-hybridized carbons (Fsp3) is 0.667. The summed E-state index contributed by atoms with van der Waals surface area (Å²) < 4.78 is 0. The Morgan fingerprint density at radius 2 is 2.18 bits per heavy atom. The van der Waals surface area contributed by atoms with E-state index in [4.69, 9.17) is 5.11 Å². The summed E-state index contributed by atoms with van der Waals surface area (Å²) in [6.45, 7) is 0.0669. The van der Waals surface area contributed by atoms with Crippen molar-refractivity contribution in [2.45, 2.75) is 18.6 Å². The summed E-state index contributed by atoms with van der Waals surface area (Å²) >= 11 is 0.916. The van der Waals surface area contributed by atoms with Gasteiger partial charge in [-0.05, 0) is 6.42 Å². The van der Waals surface area contributed by atoms with Gasteiger partial charge in [-0.2, -0.15) is 0 Å². The van der Waals surface area contributed by atoms with Gasteiger partial charge in [-0.25, -0.2) is 4.79 Å². The third kappa shape index (κ3) is 2.37. The maximum Gasteiger partial charge on any atom is 0.407 e. The summed E-state index contributed by atoms with van der Waals surface area (Å²) in [5.41, 5.74) is 0. The number of imide groups is 1. The second kappa shape index (κ2) is 4.53. The van der Waals surface area contributed by atoms with Crippen LogP contribution in [0.2, 0.25) is 0 Å². The molecule has 2 rings (SSSR count). The van der Waals surface area contributed by atoms with Crippen LogP contribution < -0.4 is 0 Å². The summed E-state index contributed by atoms with van der Waals surface area (Å²) in [7, 11) is 0. The third-order valence-electron chi connectivity index (χ3n) is 2.87. The number of rotatable bonds is 2. The van der Waals surface area contributed by atoms with Gasteiger partial charge in [0.1, 0.15) is 0 Å². The van der Waals surface area contributed by atoms with Crippen LogP contribution in [0, 0.1) is 0 Å². The zero-order valence-corrected chi connectivity index (χ0v) is 9.72. The summed E-state index contributed by atoms with van der Waals surface area (Å²) in [5.74, 6) is -0.187. The van der Waals surface area contributed by atoms with Crippen LogP contribution in [0.4, 0.5) is 9.59 Å². The number of aliphatic hydroxyl groups excluding tert-OH is 1. The molecule has 17 heavy (non-hydrogen) atoms. The first kappa shape index (κ1) is 12.2. The molecule has 2 N–H and O–H groups in total. The number of hydrogen-bond donors (Lipinski definition) is 2. The number of carboxylic acid groups (broad SMARTS) is 1. The van der Waals surface area contributed by atoms with Crippen molar-refractivity contribution < 1.29 is 24.6 Å². The molecule has 2 heterocycles. The highest BCUT2D eigenvalue weighted by atomic mass is 32.2. The Kier molecular flexibility index (Phi) is 3.25. The Bertz CT molecular complexity index is 358. The highest BCUT2D eigenvalue weighted by Crippen LogP contribution is 2.24. The number of hydrogen-bond acceptors (Lipinski definition) is 5. The Labute approximate surface area is 101 Å². The van der Waals surface area contributed by atoms with E-state index in [9.17, 15) is 19.5 Å². The van der Waals surface area contributed by atoms with Gasteiger partial charge in [0.2, 0.25) is 5.91 Å². The molecular formula is C9H12N2O5S. The van der Waals surface area contributed by atoms with Crippen molar-refractivity contribution >= 4 is 29.0 Å². The number of carbonyl (C=O) groups excluding carboxylic acids is 2. The van der Waals surface area contributed by atoms with Crippen molar-refractivity contribution in [3.05, 3.63) is 0 Å². The predicted octanol–water partition coefficient (Wildman–Crippen LogP) is -0.205. The monoisotopic (exact) mass is 260 g/mol. The van der Waals surface area contributed by atoms with Crippen LogP contribution in [-0.4, -0.2) is 68.2 Å². The van der Waals surface area contributed by atoms with E-state index in [1.54, 1.807) is 0 Å². The lowest BCUT2D eigenvalue weighted by Crippen LogP contribution is -2.44. The average Bonchev–Trinajstić information content (AvgIpc) is 2.76. The second-order valence-electron chi connectivity index (χ2n) is 4.04. The number of amides is 3. The van der Waals surface area contributed by atoms with Gasteiger partial charge in [0.25, 0.3) is 5.24 Å². The van der Waals surface area contributed by atoms with Gasteiger partial charge in [-0.1, -0.05) is 11.8 Å². The first-order chi connectivity index (χ1) is 7.99. The van der Waals surface area contributed by atoms with Crippen LogP contribution in [0.5, 0.6) is 0 Å². The lowest BCUT2D eigenvalue weighted by molar-refractivity contribution is -0.125. The molecule has 2 atom stereocenters. The molecule has 0 aromatic carbocycles. The molecule has 7 nitrogen and oxygen atoms in total. The molecule has 0 unspecified atom stereocenters. The Morgan fingerprint density at radius 1 is 1.47 bits per heavy atom. The normalized spacial score (nSPS) is 29.2. The van der Waals surface area contributed by atoms with Gasteiger partial charge < -0.3 is 15.1 Å². The predicted molar refractivity (Wildman–Crippen MR) is 58.7 cm³/mol. The van der Waals surface area contributed by atoms with Gasteiger partial charge in [0.15, 0.2) is 0 Å². The van der Waals surface area contributed by atoms with Crippen LogP contribution in [0.25, 0.3) is 0 Å². The fourth-order valence-electron chi connectivity index (χ4n) is 2.07. The topological polar surface area (TPSA) is 98.2 Å².